The fourth-order valence-corrected chi connectivity index (χ4v) is 3.48. The number of nitrogens with zero attached hydrogens (tertiary/aromatic N) is 2. The molecule has 1 amide bonds. The van der Waals surface area contributed by atoms with Crippen molar-refractivity contribution in [3.8, 4) is 0 Å². The van der Waals surface area contributed by atoms with Gasteiger partial charge in [0.15, 0.2) is 0 Å². The highest BCUT2D eigenvalue weighted by Gasteiger charge is 2.32. The molecule has 0 spiro atoms. The van der Waals surface area contributed by atoms with E-state index in [1.807, 2.05) is 12.1 Å². The van der Waals surface area contributed by atoms with Gasteiger partial charge >= 0.3 is 5.51 Å². The Labute approximate surface area is 153 Å². The van der Waals surface area contributed by atoms with Crippen molar-refractivity contribution in [2.45, 2.75) is 23.9 Å². The third kappa shape index (κ3) is 4.69. The number of carbonyl (C=O) groups is 1. The molecule has 1 saturated heterocycles. The molecule has 1 aromatic carbocycles. The van der Waals surface area contributed by atoms with Crippen LogP contribution < -0.4 is 10.2 Å². The molecule has 1 fully saturated rings. The van der Waals surface area contributed by atoms with Crippen molar-refractivity contribution >= 4 is 29.0 Å². The molecule has 138 valence electrons. The average Bonchev–Trinajstić information content (AvgIpc) is 3.01. The maximum atomic E-state index is 12.6. The summed E-state index contributed by atoms with van der Waals surface area (Å²) in [6, 6.07) is 10.1. The van der Waals surface area contributed by atoms with E-state index in [0.29, 0.717) is 11.6 Å². The van der Waals surface area contributed by atoms with E-state index in [9.17, 15) is 18.0 Å². The van der Waals surface area contributed by atoms with Crippen molar-refractivity contribution in [2.24, 2.45) is 5.92 Å². The highest BCUT2D eigenvalue weighted by atomic mass is 32.2. The number of hydrogen-bond donors (Lipinski definition) is 1. The first-order chi connectivity index (χ1) is 12.3. The fourth-order valence-electron chi connectivity index (χ4n) is 2.88. The molecule has 26 heavy (non-hydrogen) atoms. The van der Waals surface area contributed by atoms with Gasteiger partial charge in [0.05, 0.1) is 5.56 Å². The number of halogens is 3. The molecule has 1 aromatic heterocycles. The molecule has 0 radical (unpaired) electrons. The lowest BCUT2D eigenvalue weighted by molar-refractivity contribution is -0.0329. The average molecular weight is 381 g/mol. The molecule has 0 bridgehead atoms. The predicted octanol–water partition coefficient (Wildman–Crippen LogP) is 4.79. The Hall–Kier alpha value is -2.22. The summed E-state index contributed by atoms with van der Waals surface area (Å²) in [5.74, 6) is 0.0388. The zero-order chi connectivity index (χ0) is 18.7. The number of nitrogens with one attached hydrogen (secondary N) is 1. The maximum absolute atomic E-state index is 12.6. The highest BCUT2D eigenvalue weighted by molar-refractivity contribution is 8.00. The minimum Gasteiger partial charge on any atom is -0.371 e. The van der Waals surface area contributed by atoms with E-state index in [2.05, 4.69) is 22.1 Å². The van der Waals surface area contributed by atoms with Gasteiger partial charge in [-0.25, -0.2) is 4.98 Å². The molecule has 3 rings (SSSR count). The van der Waals surface area contributed by atoms with Crippen LogP contribution in [-0.2, 0) is 0 Å². The minimum atomic E-state index is -4.50. The second-order valence-electron chi connectivity index (χ2n) is 6.24. The third-order valence-corrected chi connectivity index (χ3v) is 4.89. The standard InChI is InChI=1S/C18H18F3N3OS/c1-12-8-10-24(11-12)14-6-4-13(5-7-14)23-16(25)15-3-2-9-22-17(15)26-18(19,20)21/h2-7,9,12H,8,10-11H2,1H3,(H,23,25). The van der Waals surface area contributed by atoms with Gasteiger partial charge in [-0.1, -0.05) is 6.92 Å². The number of pyridine rings is 1. The number of carbonyl (C=O) groups excluding carboxylic acids is 1. The first-order valence-corrected chi connectivity index (χ1v) is 9.00. The first kappa shape index (κ1) is 18.6. The number of amides is 1. The van der Waals surface area contributed by atoms with Crippen LogP contribution in [0.2, 0.25) is 0 Å². The van der Waals surface area contributed by atoms with Crippen molar-refractivity contribution in [2.75, 3.05) is 23.3 Å². The van der Waals surface area contributed by atoms with E-state index in [0.717, 1.165) is 25.2 Å². The van der Waals surface area contributed by atoms with Crippen LogP contribution in [0.5, 0.6) is 0 Å². The quantitative estimate of drug-likeness (QED) is 0.774. The van der Waals surface area contributed by atoms with E-state index in [-0.39, 0.29) is 10.6 Å². The number of rotatable bonds is 4. The first-order valence-electron chi connectivity index (χ1n) is 8.19. The molecule has 1 aliphatic rings. The molecule has 1 N–H and O–H groups in total. The monoisotopic (exact) mass is 381 g/mol. The smallest absolute Gasteiger partial charge is 0.371 e. The molecule has 2 aromatic rings. The van der Waals surface area contributed by atoms with Gasteiger partial charge < -0.3 is 10.2 Å². The number of aromatic nitrogens is 1. The fraction of sp³-hybridized carbons (Fsp3) is 0.333. The van der Waals surface area contributed by atoms with Crippen molar-refractivity contribution < 1.29 is 18.0 Å². The Morgan fingerprint density at radius 3 is 2.62 bits per heavy atom. The third-order valence-electron chi connectivity index (χ3n) is 4.14. The second-order valence-corrected chi connectivity index (χ2v) is 7.30. The number of anilines is 2. The van der Waals surface area contributed by atoms with Gasteiger partial charge in [-0.3, -0.25) is 4.79 Å². The Balaban J connectivity index is 1.70. The van der Waals surface area contributed by atoms with Crippen LogP contribution in [0.3, 0.4) is 0 Å². The van der Waals surface area contributed by atoms with E-state index < -0.39 is 23.2 Å². The molecule has 1 unspecified atom stereocenters. The molecule has 2 heterocycles. The summed E-state index contributed by atoms with van der Waals surface area (Å²) in [5, 5.41) is 2.27. The molecular formula is C18H18F3N3OS. The summed E-state index contributed by atoms with van der Waals surface area (Å²) < 4.78 is 37.9. The second kappa shape index (κ2) is 7.57. The molecule has 0 aliphatic carbocycles. The van der Waals surface area contributed by atoms with Gasteiger partial charge in [0.1, 0.15) is 5.03 Å². The molecule has 1 aliphatic heterocycles. The minimum absolute atomic E-state index is 0.104. The Bertz CT molecular complexity index is 780. The van der Waals surface area contributed by atoms with Gasteiger partial charge in [0, 0.05) is 42.4 Å². The van der Waals surface area contributed by atoms with Gasteiger partial charge in [0.25, 0.3) is 5.91 Å². The van der Waals surface area contributed by atoms with Crippen LogP contribution >= 0.6 is 11.8 Å². The SMILES string of the molecule is CC1CCN(c2ccc(NC(=O)c3cccnc3SC(F)(F)F)cc2)C1. The van der Waals surface area contributed by atoms with Crippen molar-refractivity contribution in [3.63, 3.8) is 0 Å². The normalized spacial score (nSPS) is 17.4. The van der Waals surface area contributed by atoms with Crippen molar-refractivity contribution in [1.82, 2.24) is 4.98 Å². The van der Waals surface area contributed by atoms with Gasteiger partial charge in [-0.2, -0.15) is 13.2 Å². The Morgan fingerprint density at radius 1 is 1.27 bits per heavy atom. The van der Waals surface area contributed by atoms with Crippen LogP contribution in [0, 0.1) is 5.92 Å². The topological polar surface area (TPSA) is 45.2 Å². The zero-order valence-electron chi connectivity index (χ0n) is 14.1. The number of hydrogen-bond acceptors (Lipinski definition) is 4. The van der Waals surface area contributed by atoms with Crippen LogP contribution in [0.15, 0.2) is 47.6 Å². The van der Waals surface area contributed by atoms with Crippen LogP contribution in [0.25, 0.3) is 0 Å². The molecular weight excluding hydrogens is 363 g/mol. The lowest BCUT2D eigenvalue weighted by atomic mass is 10.2. The van der Waals surface area contributed by atoms with E-state index in [1.54, 1.807) is 12.1 Å². The van der Waals surface area contributed by atoms with Crippen LogP contribution in [0.1, 0.15) is 23.7 Å². The van der Waals surface area contributed by atoms with Gasteiger partial charge in [0.2, 0.25) is 0 Å². The molecule has 8 heteroatoms. The molecule has 4 nitrogen and oxygen atoms in total. The molecule has 1 atom stereocenters. The summed E-state index contributed by atoms with van der Waals surface area (Å²) in [5.41, 5.74) is -3.01. The van der Waals surface area contributed by atoms with Crippen LogP contribution in [0.4, 0.5) is 24.5 Å². The summed E-state index contributed by atoms with van der Waals surface area (Å²) in [6.45, 7) is 4.21. The summed E-state index contributed by atoms with van der Waals surface area (Å²) >= 11 is -0.393. The summed E-state index contributed by atoms with van der Waals surface area (Å²) in [6.07, 6.45) is 2.38. The lowest BCUT2D eigenvalue weighted by Gasteiger charge is -2.18. The van der Waals surface area contributed by atoms with Gasteiger partial charge in [-0.05, 0) is 48.7 Å². The highest BCUT2D eigenvalue weighted by Crippen LogP contribution is 2.37. The van der Waals surface area contributed by atoms with E-state index in [4.69, 9.17) is 0 Å². The predicted molar refractivity (Wildman–Crippen MR) is 96.5 cm³/mol. The largest absolute Gasteiger partial charge is 0.447 e. The Kier molecular flexibility index (Phi) is 5.41. The lowest BCUT2D eigenvalue weighted by Crippen LogP contribution is -2.19. The Morgan fingerprint density at radius 2 is 2.00 bits per heavy atom. The number of thioether (sulfide) groups is 1. The van der Waals surface area contributed by atoms with E-state index in [1.165, 1.54) is 18.3 Å². The zero-order valence-corrected chi connectivity index (χ0v) is 14.9. The molecule has 0 saturated carbocycles. The van der Waals surface area contributed by atoms with E-state index >= 15 is 0 Å². The van der Waals surface area contributed by atoms with Crippen LogP contribution in [-0.4, -0.2) is 29.5 Å². The van der Waals surface area contributed by atoms with Crippen molar-refractivity contribution in [3.05, 3.63) is 48.2 Å². The van der Waals surface area contributed by atoms with Gasteiger partial charge in [-0.15, -0.1) is 0 Å². The summed E-state index contributed by atoms with van der Waals surface area (Å²) in [7, 11) is 0. The number of benzene rings is 1. The maximum Gasteiger partial charge on any atom is 0.447 e. The summed E-state index contributed by atoms with van der Waals surface area (Å²) in [4.78, 5) is 18.3. The van der Waals surface area contributed by atoms with Crippen molar-refractivity contribution in [1.29, 1.82) is 0 Å². The number of alkyl halides is 3.